The van der Waals surface area contributed by atoms with Gasteiger partial charge < -0.3 is 26.6 Å². The summed E-state index contributed by atoms with van der Waals surface area (Å²) in [6.45, 7) is 5.80. The number of nitrogens with two attached hydrogens (primary N) is 1. The third kappa shape index (κ3) is 9.10. The number of carbonyl (C=O) groups is 3. The molecule has 1 aliphatic carbocycles. The molecule has 244 valence electrons. The molecule has 0 bridgehead atoms. The second-order valence-electron chi connectivity index (χ2n) is 12.5. The van der Waals surface area contributed by atoms with Crippen LogP contribution in [0.15, 0.2) is 72.8 Å². The van der Waals surface area contributed by atoms with Gasteiger partial charge in [-0.05, 0) is 73.6 Å². The first kappa shape index (κ1) is 33.0. The monoisotopic (exact) mass is 624 g/mol. The van der Waals surface area contributed by atoms with Crippen molar-refractivity contribution >= 4 is 34.9 Å². The maximum atomic E-state index is 13.2. The molecule has 2 fully saturated rings. The van der Waals surface area contributed by atoms with Gasteiger partial charge in [-0.3, -0.25) is 14.5 Å². The molecule has 1 aliphatic heterocycles. The molecular formula is C37H48N6O3. The lowest BCUT2D eigenvalue weighted by atomic mass is 9.94. The Morgan fingerprint density at radius 3 is 2.26 bits per heavy atom. The van der Waals surface area contributed by atoms with Gasteiger partial charge in [0.25, 0.3) is 0 Å². The fourth-order valence-electron chi connectivity index (χ4n) is 6.70. The van der Waals surface area contributed by atoms with Crippen molar-refractivity contribution in [2.45, 2.75) is 76.8 Å². The number of hydrogen-bond donors (Lipinski definition) is 4. The molecule has 0 aromatic heterocycles. The van der Waals surface area contributed by atoms with Crippen LogP contribution in [-0.2, 0) is 11.2 Å². The van der Waals surface area contributed by atoms with Crippen molar-refractivity contribution < 1.29 is 14.4 Å². The Balaban J connectivity index is 1.25. The topological polar surface area (TPSA) is 120 Å². The summed E-state index contributed by atoms with van der Waals surface area (Å²) in [6, 6.07) is 23.0. The number of aryl methyl sites for hydroxylation is 1. The molecular weight excluding hydrogens is 576 g/mol. The number of rotatable bonds is 12. The maximum absolute atomic E-state index is 13.2. The lowest BCUT2D eigenvalue weighted by Crippen LogP contribution is -2.51. The van der Waals surface area contributed by atoms with Gasteiger partial charge in [-0.25, -0.2) is 4.79 Å². The number of urea groups is 1. The smallest absolute Gasteiger partial charge is 0.319 e. The van der Waals surface area contributed by atoms with Crippen molar-refractivity contribution in [2.24, 2.45) is 5.73 Å². The minimum atomic E-state index is -0.487. The summed E-state index contributed by atoms with van der Waals surface area (Å²) < 4.78 is 0. The van der Waals surface area contributed by atoms with Crippen LogP contribution in [0.25, 0.3) is 0 Å². The number of benzene rings is 3. The molecule has 3 aromatic rings. The lowest BCUT2D eigenvalue weighted by Gasteiger charge is -2.42. The molecule has 9 nitrogen and oxygen atoms in total. The molecule has 0 radical (unpaired) electrons. The van der Waals surface area contributed by atoms with E-state index in [0.717, 1.165) is 50.3 Å². The number of primary amides is 1. The molecule has 4 amide bonds. The molecule has 2 aliphatic rings. The van der Waals surface area contributed by atoms with Crippen LogP contribution in [-0.4, -0.2) is 55.0 Å². The normalized spacial score (nSPS) is 16.4. The maximum Gasteiger partial charge on any atom is 0.319 e. The van der Waals surface area contributed by atoms with Crippen LogP contribution in [0.2, 0.25) is 0 Å². The van der Waals surface area contributed by atoms with E-state index in [2.05, 4.69) is 37.9 Å². The molecule has 5 N–H and O–H groups in total. The first-order valence-electron chi connectivity index (χ1n) is 16.8. The largest absolute Gasteiger partial charge is 0.367 e. The zero-order valence-electron chi connectivity index (χ0n) is 27.0. The fraction of sp³-hybridized carbons (Fsp3) is 0.432. The summed E-state index contributed by atoms with van der Waals surface area (Å²) in [5, 5.41) is 9.16. The van der Waals surface area contributed by atoms with Crippen molar-refractivity contribution in [3.8, 4) is 0 Å². The molecule has 1 heterocycles. The van der Waals surface area contributed by atoms with Gasteiger partial charge in [0.2, 0.25) is 11.8 Å². The zero-order valence-corrected chi connectivity index (χ0v) is 27.0. The fourth-order valence-corrected chi connectivity index (χ4v) is 6.70. The molecule has 46 heavy (non-hydrogen) atoms. The lowest BCUT2D eigenvalue weighted by molar-refractivity contribution is -0.116. The Labute approximate surface area is 272 Å². The number of hydrogen-bond acceptors (Lipinski definition) is 5. The van der Waals surface area contributed by atoms with Gasteiger partial charge in [0.05, 0.1) is 17.4 Å². The molecule has 1 saturated carbocycles. The quantitative estimate of drug-likeness (QED) is 0.184. The number of nitrogens with zero attached hydrogens (tertiary/aromatic N) is 2. The highest BCUT2D eigenvalue weighted by Gasteiger charge is 2.26. The molecule has 0 spiro atoms. The van der Waals surface area contributed by atoms with Crippen molar-refractivity contribution in [3.05, 3.63) is 89.5 Å². The van der Waals surface area contributed by atoms with Crippen LogP contribution >= 0.6 is 0 Å². The second kappa shape index (κ2) is 16.3. The van der Waals surface area contributed by atoms with E-state index in [0.29, 0.717) is 35.8 Å². The Hall–Kier alpha value is -4.37. The van der Waals surface area contributed by atoms with E-state index in [1.54, 1.807) is 12.1 Å². The summed E-state index contributed by atoms with van der Waals surface area (Å²) in [4.78, 5) is 42.7. The Morgan fingerprint density at radius 1 is 0.870 bits per heavy atom. The van der Waals surface area contributed by atoms with Gasteiger partial charge in [0.15, 0.2) is 0 Å². The molecule has 9 heteroatoms. The predicted molar refractivity (Wildman–Crippen MR) is 185 cm³/mol. The third-order valence-corrected chi connectivity index (χ3v) is 9.30. The van der Waals surface area contributed by atoms with Crippen LogP contribution < -0.4 is 26.6 Å². The van der Waals surface area contributed by atoms with Gasteiger partial charge in [0.1, 0.15) is 0 Å². The second-order valence-corrected chi connectivity index (χ2v) is 12.5. The van der Waals surface area contributed by atoms with E-state index >= 15 is 0 Å². The van der Waals surface area contributed by atoms with Crippen molar-refractivity contribution in [1.29, 1.82) is 0 Å². The molecule has 1 unspecified atom stereocenters. The average molecular weight is 625 g/mol. The van der Waals surface area contributed by atoms with E-state index in [9.17, 15) is 14.4 Å². The number of nitrogens with one attached hydrogen (secondary N) is 3. The minimum Gasteiger partial charge on any atom is -0.367 e. The zero-order chi connectivity index (χ0) is 32.3. The van der Waals surface area contributed by atoms with Crippen LogP contribution in [0.5, 0.6) is 0 Å². The van der Waals surface area contributed by atoms with Crippen molar-refractivity contribution in [3.63, 3.8) is 0 Å². The summed E-state index contributed by atoms with van der Waals surface area (Å²) in [5.41, 5.74) is 10.2. The van der Waals surface area contributed by atoms with E-state index in [1.165, 1.54) is 37.7 Å². The van der Waals surface area contributed by atoms with Gasteiger partial charge in [-0.2, -0.15) is 0 Å². The summed E-state index contributed by atoms with van der Waals surface area (Å²) in [6.07, 6.45) is 9.28. The van der Waals surface area contributed by atoms with E-state index < -0.39 is 5.91 Å². The van der Waals surface area contributed by atoms with E-state index in [-0.39, 0.29) is 18.0 Å². The van der Waals surface area contributed by atoms with Crippen LogP contribution in [0.1, 0.15) is 85.8 Å². The van der Waals surface area contributed by atoms with Gasteiger partial charge >= 0.3 is 6.03 Å². The minimum absolute atomic E-state index is 0.0370. The van der Waals surface area contributed by atoms with Crippen LogP contribution in [0, 0.1) is 0 Å². The Kier molecular flexibility index (Phi) is 11.7. The Morgan fingerprint density at radius 2 is 1.59 bits per heavy atom. The molecule has 3 aromatic carbocycles. The summed E-state index contributed by atoms with van der Waals surface area (Å²) >= 11 is 0. The highest BCUT2D eigenvalue weighted by Crippen LogP contribution is 2.32. The van der Waals surface area contributed by atoms with Crippen LogP contribution in [0.4, 0.5) is 21.9 Å². The van der Waals surface area contributed by atoms with Gasteiger partial charge in [-0.15, -0.1) is 0 Å². The highest BCUT2D eigenvalue weighted by atomic mass is 16.2. The van der Waals surface area contributed by atoms with Crippen molar-refractivity contribution in [2.75, 3.05) is 41.7 Å². The summed E-state index contributed by atoms with van der Waals surface area (Å²) in [7, 11) is 0. The first-order chi connectivity index (χ1) is 22.4. The third-order valence-electron chi connectivity index (χ3n) is 9.30. The molecule has 5 rings (SSSR count). The van der Waals surface area contributed by atoms with Crippen LogP contribution in [0.3, 0.4) is 0 Å². The van der Waals surface area contributed by atoms with Gasteiger partial charge in [-0.1, -0.05) is 68.7 Å². The Bertz CT molecular complexity index is 1450. The SMILES string of the molecule is CCC(NC(=O)Nc1ccc(N2CCN(C3CCCCC3)CC2)c(NC(=O)CCCc2ccccc2)c1)c1ccc(C(N)=O)cc1. The summed E-state index contributed by atoms with van der Waals surface area (Å²) in [5.74, 6) is -0.524. The number of carbonyl (C=O) groups excluding carboxylic acids is 3. The van der Waals surface area contributed by atoms with Gasteiger partial charge in [0, 0.05) is 49.9 Å². The average Bonchev–Trinajstić information content (AvgIpc) is 3.08. The first-order valence-corrected chi connectivity index (χ1v) is 16.8. The molecule has 1 atom stereocenters. The predicted octanol–water partition coefficient (Wildman–Crippen LogP) is 6.47. The molecule has 1 saturated heterocycles. The highest BCUT2D eigenvalue weighted by molar-refractivity contribution is 5.97. The van der Waals surface area contributed by atoms with E-state index in [4.69, 9.17) is 5.73 Å². The standard InChI is InChI=1S/C37H48N6O3/c1-2-32(28-16-18-29(19-17-28)36(38)45)41-37(46)39-30-20-21-34(43-24-22-42(23-25-43)31-13-7-4-8-14-31)33(26-30)40-35(44)15-9-12-27-10-5-3-6-11-27/h3,5-6,10-11,16-21,26,31-32H,2,4,7-9,12-15,22-25H2,1H3,(H2,38,45)(H,40,44)(H2,39,41,46). The van der Waals surface area contributed by atoms with Crippen molar-refractivity contribution in [1.82, 2.24) is 10.2 Å². The number of anilines is 3. The van der Waals surface area contributed by atoms with E-state index in [1.807, 2.05) is 55.5 Å². The number of amides is 4. The number of piperazine rings is 1.